The number of unbranched alkanes of at least 4 members (excludes halogenated alkanes) is 20. The molecule has 0 amide bonds. The Morgan fingerprint density at radius 3 is 1.47 bits per heavy atom. The Labute approximate surface area is 305 Å². The number of esters is 2. The van der Waals surface area contributed by atoms with Gasteiger partial charge in [0.05, 0.1) is 13.2 Å². The van der Waals surface area contributed by atoms with Gasteiger partial charge in [-0.05, 0) is 70.4 Å². The second kappa shape index (κ2) is 38.1. The van der Waals surface area contributed by atoms with E-state index in [2.05, 4.69) is 25.7 Å². The average Bonchev–Trinajstić information content (AvgIpc) is 3.08. The quantitative estimate of drug-likeness (QED) is 0.0509. The molecule has 0 aromatic rings. The van der Waals surface area contributed by atoms with Crippen molar-refractivity contribution in [1.82, 2.24) is 4.90 Å². The largest absolute Gasteiger partial charge is 0.466 e. The van der Waals surface area contributed by atoms with Gasteiger partial charge in [0.1, 0.15) is 6.10 Å². The smallest absolute Gasteiger partial charge is 0.306 e. The number of nitrogens with zero attached hydrogens (tertiary/aromatic N) is 1. The molecule has 0 saturated heterocycles. The monoisotopic (exact) mass is 696 g/mol. The van der Waals surface area contributed by atoms with Gasteiger partial charge in [-0.15, -0.1) is 0 Å². The predicted molar refractivity (Wildman–Crippen MR) is 209 cm³/mol. The Bertz CT molecular complexity index is 686. The number of rotatable bonds is 39. The highest BCUT2D eigenvalue weighted by Gasteiger charge is 2.14. The maximum absolute atomic E-state index is 12.7. The summed E-state index contributed by atoms with van der Waals surface area (Å²) in [6.45, 7) is 12.1. The molecule has 0 rings (SSSR count). The molecule has 0 radical (unpaired) electrons. The van der Waals surface area contributed by atoms with Crippen LogP contribution in [-0.2, 0) is 19.1 Å². The summed E-state index contributed by atoms with van der Waals surface area (Å²) >= 11 is 0. The molecule has 0 aromatic heterocycles. The zero-order valence-corrected chi connectivity index (χ0v) is 33.4. The van der Waals surface area contributed by atoms with Crippen molar-refractivity contribution in [2.24, 2.45) is 5.92 Å². The van der Waals surface area contributed by atoms with Crippen LogP contribution in [0.5, 0.6) is 0 Å². The molecule has 0 fully saturated rings. The van der Waals surface area contributed by atoms with E-state index in [0.29, 0.717) is 13.0 Å². The Hall–Kier alpha value is -1.14. The Balaban J connectivity index is 3.96. The average molecular weight is 696 g/mol. The molecule has 0 heterocycles. The molecule has 292 valence electrons. The van der Waals surface area contributed by atoms with E-state index in [1.165, 1.54) is 155 Å². The van der Waals surface area contributed by atoms with Gasteiger partial charge >= 0.3 is 11.9 Å². The molecule has 0 spiro atoms. The van der Waals surface area contributed by atoms with Gasteiger partial charge in [0.25, 0.3) is 0 Å². The van der Waals surface area contributed by atoms with E-state index >= 15 is 0 Å². The first-order chi connectivity index (χ1) is 23.9. The Morgan fingerprint density at radius 1 is 0.551 bits per heavy atom. The van der Waals surface area contributed by atoms with Crippen LogP contribution < -0.4 is 0 Å². The van der Waals surface area contributed by atoms with Crippen LogP contribution in [-0.4, -0.2) is 60.9 Å². The summed E-state index contributed by atoms with van der Waals surface area (Å²) in [7, 11) is 0. The van der Waals surface area contributed by atoms with Crippen LogP contribution in [0, 0.1) is 5.92 Å². The van der Waals surface area contributed by atoms with Gasteiger partial charge < -0.3 is 19.5 Å². The van der Waals surface area contributed by atoms with Crippen molar-refractivity contribution in [3.05, 3.63) is 0 Å². The number of aliphatic hydroxyl groups is 1. The van der Waals surface area contributed by atoms with Gasteiger partial charge in [-0.2, -0.15) is 0 Å². The molecule has 0 saturated carbocycles. The highest BCUT2D eigenvalue weighted by molar-refractivity contribution is 5.69. The molecule has 1 unspecified atom stereocenters. The molecule has 6 nitrogen and oxygen atoms in total. The van der Waals surface area contributed by atoms with Crippen molar-refractivity contribution >= 4 is 11.9 Å². The van der Waals surface area contributed by atoms with Crippen LogP contribution in [0.15, 0.2) is 0 Å². The molecule has 6 heteroatoms. The predicted octanol–water partition coefficient (Wildman–Crippen LogP) is 12.1. The maximum Gasteiger partial charge on any atom is 0.306 e. The van der Waals surface area contributed by atoms with Crippen LogP contribution in [0.1, 0.15) is 220 Å². The van der Waals surface area contributed by atoms with E-state index in [4.69, 9.17) is 9.47 Å². The van der Waals surface area contributed by atoms with Crippen LogP contribution >= 0.6 is 0 Å². The maximum atomic E-state index is 12.7. The Morgan fingerprint density at radius 2 is 0.980 bits per heavy atom. The lowest BCUT2D eigenvalue weighted by atomic mass is 9.96. The lowest BCUT2D eigenvalue weighted by Crippen LogP contribution is -2.29. The van der Waals surface area contributed by atoms with Gasteiger partial charge in [0.15, 0.2) is 0 Å². The first kappa shape index (κ1) is 47.9. The summed E-state index contributed by atoms with van der Waals surface area (Å²) in [5.41, 5.74) is 0. The van der Waals surface area contributed by atoms with Crippen LogP contribution in [0.25, 0.3) is 0 Å². The van der Waals surface area contributed by atoms with Gasteiger partial charge in [0, 0.05) is 19.9 Å². The van der Waals surface area contributed by atoms with E-state index in [0.717, 1.165) is 64.1 Å². The van der Waals surface area contributed by atoms with Gasteiger partial charge in [-0.1, -0.05) is 156 Å². The number of aliphatic hydroxyl groups excluding tert-OH is 1. The standard InChI is InChI=1S/C43H85NO5/c1-5-7-9-11-16-24-32-42(33-25-17-12-10-8-6-2)49-43(47)34-26-18-14-20-28-36-44(37-38-45)35-27-19-13-15-22-30-40(3)31-23-21-29-39-48-41(4)46/h40,42,45H,5-39H2,1-4H3. The molecular weight excluding hydrogens is 610 g/mol. The SMILES string of the molecule is CCCCCCCCC(CCCCCCCC)OC(=O)CCCCCCCN(CCO)CCCCCCCC(C)CCCCCOC(C)=O. The summed E-state index contributed by atoms with van der Waals surface area (Å²) < 4.78 is 11.0. The van der Waals surface area contributed by atoms with Crippen molar-refractivity contribution in [3.8, 4) is 0 Å². The number of hydrogen-bond acceptors (Lipinski definition) is 6. The third-order valence-electron chi connectivity index (χ3n) is 10.1. The van der Waals surface area contributed by atoms with Gasteiger partial charge in [0.2, 0.25) is 0 Å². The molecule has 1 atom stereocenters. The second-order valence-electron chi connectivity index (χ2n) is 15.2. The number of carbonyl (C=O) groups is 2. The fourth-order valence-electron chi connectivity index (χ4n) is 6.91. The van der Waals surface area contributed by atoms with Crippen molar-refractivity contribution in [3.63, 3.8) is 0 Å². The van der Waals surface area contributed by atoms with E-state index in [1.54, 1.807) is 0 Å². The zero-order valence-electron chi connectivity index (χ0n) is 33.4. The number of carbonyl (C=O) groups excluding carboxylic acids is 2. The minimum atomic E-state index is -0.173. The first-order valence-electron chi connectivity index (χ1n) is 21.6. The summed E-state index contributed by atoms with van der Waals surface area (Å²) in [5, 5.41) is 9.55. The molecule has 0 aliphatic rings. The number of ether oxygens (including phenoxy) is 2. The van der Waals surface area contributed by atoms with Crippen LogP contribution in [0.4, 0.5) is 0 Å². The summed E-state index contributed by atoms with van der Waals surface area (Å²) in [5.74, 6) is 0.637. The molecular formula is C43H85NO5. The Kier molecular flexibility index (Phi) is 37.2. The number of hydrogen-bond donors (Lipinski definition) is 1. The highest BCUT2D eigenvalue weighted by Crippen LogP contribution is 2.19. The first-order valence-corrected chi connectivity index (χ1v) is 21.6. The molecule has 0 aliphatic carbocycles. The van der Waals surface area contributed by atoms with E-state index in [-0.39, 0.29) is 24.6 Å². The fraction of sp³-hybridized carbons (Fsp3) is 0.953. The molecule has 0 bridgehead atoms. The van der Waals surface area contributed by atoms with Crippen LogP contribution in [0.2, 0.25) is 0 Å². The third kappa shape index (κ3) is 36.5. The van der Waals surface area contributed by atoms with E-state index in [1.807, 2.05) is 0 Å². The van der Waals surface area contributed by atoms with E-state index in [9.17, 15) is 14.7 Å². The van der Waals surface area contributed by atoms with Gasteiger partial charge in [-0.25, -0.2) is 0 Å². The molecule has 0 aliphatic heterocycles. The lowest BCUT2D eigenvalue weighted by molar-refractivity contribution is -0.150. The summed E-state index contributed by atoms with van der Waals surface area (Å²) in [6, 6.07) is 0. The van der Waals surface area contributed by atoms with E-state index < -0.39 is 0 Å². The normalized spacial score (nSPS) is 12.2. The topological polar surface area (TPSA) is 76.1 Å². The fourth-order valence-corrected chi connectivity index (χ4v) is 6.91. The molecule has 0 aromatic carbocycles. The lowest BCUT2D eigenvalue weighted by Gasteiger charge is -2.21. The van der Waals surface area contributed by atoms with Crippen molar-refractivity contribution in [2.75, 3.05) is 32.8 Å². The van der Waals surface area contributed by atoms with Crippen molar-refractivity contribution in [2.45, 2.75) is 226 Å². The zero-order chi connectivity index (χ0) is 36.0. The van der Waals surface area contributed by atoms with Crippen LogP contribution in [0.3, 0.4) is 0 Å². The van der Waals surface area contributed by atoms with Crippen molar-refractivity contribution in [1.29, 1.82) is 0 Å². The molecule has 49 heavy (non-hydrogen) atoms. The minimum Gasteiger partial charge on any atom is -0.466 e. The second-order valence-corrected chi connectivity index (χ2v) is 15.2. The van der Waals surface area contributed by atoms with Gasteiger partial charge in [-0.3, -0.25) is 9.59 Å². The summed E-state index contributed by atoms with van der Waals surface area (Å²) in [6.07, 6.45) is 36.2. The summed E-state index contributed by atoms with van der Waals surface area (Å²) in [4.78, 5) is 25.9. The molecule has 1 N–H and O–H groups in total. The highest BCUT2D eigenvalue weighted by atomic mass is 16.5. The van der Waals surface area contributed by atoms with Crippen molar-refractivity contribution < 1.29 is 24.2 Å². The minimum absolute atomic E-state index is 0.0233. The third-order valence-corrected chi connectivity index (χ3v) is 10.1.